The molecular formula is C21H12F5I. The van der Waals surface area contributed by atoms with E-state index in [0.29, 0.717) is 11.6 Å². The summed E-state index contributed by atoms with van der Waals surface area (Å²) in [7, 11) is 0. The van der Waals surface area contributed by atoms with Crippen molar-refractivity contribution in [1.82, 2.24) is 0 Å². The van der Waals surface area contributed by atoms with Gasteiger partial charge in [0.15, 0.2) is 0 Å². The zero-order chi connectivity index (χ0) is 19.6. The van der Waals surface area contributed by atoms with Gasteiger partial charge in [0, 0.05) is 15.2 Å². The summed E-state index contributed by atoms with van der Waals surface area (Å²) in [5.41, 5.74) is 2.05. The highest BCUT2D eigenvalue weighted by atomic mass is 127. The molecule has 0 bridgehead atoms. The van der Waals surface area contributed by atoms with Crippen LogP contribution in [0.5, 0.6) is 0 Å². The Balaban J connectivity index is 1.90. The lowest BCUT2D eigenvalue weighted by atomic mass is 9.99. The van der Waals surface area contributed by atoms with Crippen LogP contribution >= 0.6 is 22.6 Å². The van der Waals surface area contributed by atoms with Gasteiger partial charge in [-0.1, -0.05) is 36.4 Å². The Morgan fingerprint density at radius 2 is 1.07 bits per heavy atom. The van der Waals surface area contributed by atoms with Crippen molar-refractivity contribution in [3.8, 4) is 22.3 Å². The van der Waals surface area contributed by atoms with Crippen LogP contribution < -0.4 is 0 Å². The van der Waals surface area contributed by atoms with Gasteiger partial charge in [-0.2, -0.15) is 13.2 Å². The zero-order valence-electron chi connectivity index (χ0n) is 13.7. The van der Waals surface area contributed by atoms with Crippen molar-refractivity contribution in [3.05, 3.63) is 87.5 Å². The Kier molecular flexibility index (Phi) is 5.64. The minimum atomic E-state index is -4.64. The highest BCUT2D eigenvalue weighted by Crippen LogP contribution is 2.29. The molecule has 6 heteroatoms. The number of allylic oxidation sites excluding steroid dienone is 1. The highest BCUT2D eigenvalue weighted by Gasteiger charge is 2.23. The van der Waals surface area contributed by atoms with E-state index in [-0.39, 0.29) is 11.6 Å². The molecule has 3 aromatic carbocycles. The number of alkyl halides is 3. The fraction of sp³-hybridized carbons (Fsp3) is 0.0476. The second kappa shape index (κ2) is 7.80. The van der Waals surface area contributed by atoms with E-state index >= 15 is 0 Å². The molecule has 0 amide bonds. The average Bonchev–Trinajstić information content (AvgIpc) is 2.61. The molecule has 138 valence electrons. The molecule has 3 aromatic rings. The lowest BCUT2D eigenvalue weighted by molar-refractivity contribution is -0.0790. The smallest absolute Gasteiger partial charge is 0.206 e. The first kappa shape index (κ1) is 19.5. The van der Waals surface area contributed by atoms with Crippen molar-refractivity contribution < 1.29 is 22.0 Å². The first-order chi connectivity index (χ1) is 12.7. The Bertz CT molecular complexity index is 948. The Morgan fingerprint density at radius 1 is 0.667 bits per heavy atom. The lowest BCUT2D eigenvalue weighted by Gasteiger charge is -2.08. The minimum Gasteiger partial charge on any atom is -0.206 e. The topological polar surface area (TPSA) is 0 Å². The van der Waals surface area contributed by atoms with Crippen LogP contribution in [-0.2, 0) is 0 Å². The molecule has 0 aliphatic rings. The first-order valence-electron chi connectivity index (χ1n) is 7.84. The molecule has 0 heterocycles. The first-order valence-corrected chi connectivity index (χ1v) is 8.92. The van der Waals surface area contributed by atoms with Crippen molar-refractivity contribution in [1.29, 1.82) is 0 Å². The van der Waals surface area contributed by atoms with Gasteiger partial charge in [-0.3, -0.25) is 0 Å². The van der Waals surface area contributed by atoms with E-state index in [0.717, 1.165) is 26.8 Å². The third-order valence-electron chi connectivity index (χ3n) is 3.91. The molecule has 0 N–H and O–H groups in total. The molecule has 0 aromatic heterocycles. The standard InChI is InChI=1S/C21H12F5I/c22-19-11-16(12-20(23)18(19)9-10-21(24,25)26)15-3-1-13(2-4-15)14-5-7-17(27)8-6-14/h1-12H/b10-9+. The van der Waals surface area contributed by atoms with Crippen LogP contribution in [0.3, 0.4) is 0 Å². The largest absolute Gasteiger partial charge is 0.409 e. The van der Waals surface area contributed by atoms with Gasteiger partial charge < -0.3 is 0 Å². The van der Waals surface area contributed by atoms with E-state index in [4.69, 9.17) is 0 Å². The Labute approximate surface area is 166 Å². The summed E-state index contributed by atoms with van der Waals surface area (Å²) < 4.78 is 65.9. The summed E-state index contributed by atoms with van der Waals surface area (Å²) in [4.78, 5) is 0. The lowest BCUT2D eigenvalue weighted by Crippen LogP contribution is -2.01. The quantitative estimate of drug-likeness (QED) is 0.266. The van der Waals surface area contributed by atoms with Crippen molar-refractivity contribution in [2.45, 2.75) is 6.18 Å². The average molecular weight is 486 g/mol. The summed E-state index contributed by atoms with van der Waals surface area (Å²) in [6, 6.07) is 17.0. The summed E-state index contributed by atoms with van der Waals surface area (Å²) >= 11 is 2.21. The van der Waals surface area contributed by atoms with Gasteiger partial charge in [0.1, 0.15) is 11.6 Å². The molecular weight excluding hydrogens is 474 g/mol. The molecule has 0 unspecified atom stereocenters. The summed E-state index contributed by atoms with van der Waals surface area (Å²) in [6.45, 7) is 0. The fourth-order valence-electron chi connectivity index (χ4n) is 2.59. The number of benzene rings is 3. The van der Waals surface area contributed by atoms with E-state index in [1.807, 2.05) is 36.4 Å². The van der Waals surface area contributed by atoms with Crippen LogP contribution in [-0.4, -0.2) is 6.18 Å². The molecule has 0 saturated carbocycles. The third-order valence-corrected chi connectivity index (χ3v) is 4.63. The summed E-state index contributed by atoms with van der Waals surface area (Å²) in [5, 5.41) is 0. The third kappa shape index (κ3) is 4.94. The SMILES string of the molecule is Fc1cc(-c2ccc(-c3ccc(I)cc3)cc2)cc(F)c1/C=C/C(F)(F)F. The fourth-order valence-corrected chi connectivity index (χ4v) is 2.95. The number of hydrogen-bond acceptors (Lipinski definition) is 0. The van der Waals surface area contributed by atoms with Gasteiger partial charge in [-0.25, -0.2) is 8.78 Å². The highest BCUT2D eigenvalue weighted by molar-refractivity contribution is 14.1. The van der Waals surface area contributed by atoms with Crippen LogP contribution in [0.1, 0.15) is 5.56 Å². The molecule has 27 heavy (non-hydrogen) atoms. The predicted molar refractivity (Wildman–Crippen MR) is 105 cm³/mol. The second-order valence-corrected chi connectivity index (χ2v) is 7.06. The summed E-state index contributed by atoms with van der Waals surface area (Å²) in [6.07, 6.45) is -4.43. The van der Waals surface area contributed by atoms with E-state index in [9.17, 15) is 22.0 Å². The molecule has 3 rings (SSSR count). The van der Waals surface area contributed by atoms with Gasteiger partial charge in [0.25, 0.3) is 0 Å². The van der Waals surface area contributed by atoms with Crippen LogP contribution in [0.25, 0.3) is 28.3 Å². The molecule has 0 fully saturated rings. The van der Waals surface area contributed by atoms with Gasteiger partial charge in [0.2, 0.25) is 0 Å². The van der Waals surface area contributed by atoms with Gasteiger partial charge in [-0.15, -0.1) is 0 Å². The van der Waals surface area contributed by atoms with E-state index in [1.165, 1.54) is 0 Å². The Hall–Kier alpha value is -2.22. The molecule has 0 aliphatic heterocycles. The van der Waals surface area contributed by atoms with Crippen LogP contribution in [0.4, 0.5) is 22.0 Å². The maximum absolute atomic E-state index is 14.1. The van der Waals surface area contributed by atoms with Crippen molar-refractivity contribution >= 4 is 28.7 Å². The van der Waals surface area contributed by atoms with E-state index in [1.54, 1.807) is 12.1 Å². The van der Waals surface area contributed by atoms with Crippen LogP contribution in [0.15, 0.2) is 66.7 Å². The van der Waals surface area contributed by atoms with Crippen LogP contribution in [0, 0.1) is 15.2 Å². The van der Waals surface area contributed by atoms with Crippen molar-refractivity contribution in [3.63, 3.8) is 0 Å². The molecule has 0 aliphatic carbocycles. The van der Waals surface area contributed by atoms with Gasteiger partial charge >= 0.3 is 6.18 Å². The molecule has 0 atom stereocenters. The van der Waals surface area contributed by atoms with Gasteiger partial charge in [0.05, 0.1) is 0 Å². The molecule has 0 radical (unpaired) electrons. The van der Waals surface area contributed by atoms with E-state index in [2.05, 4.69) is 22.6 Å². The summed E-state index contributed by atoms with van der Waals surface area (Å²) in [5.74, 6) is -2.10. The van der Waals surface area contributed by atoms with Crippen molar-refractivity contribution in [2.24, 2.45) is 0 Å². The number of halogens is 6. The molecule has 0 saturated heterocycles. The monoisotopic (exact) mass is 486 g/mol. The minimum absolute atomic E-state index is 0.190. The van der Waals surface area contributed by atoms with E-state index < -0.39 is 23.4 Å². The van der Waals surface area contributed by atoms with Crippen molar-refractivity contribution in [2.75, 3.05) is 0 Å². The maximum atomic E-state index is 14.1. The second-order valence-electron chi connectivity index (χ2n) is 5.81. The normalized spacial score (nSPS) is 11.9. The number of rotatable bonds is 3. The maximum Gasteiger partial charge on any atom is 0.409 e. The zero-order valence-corrected chi connectivity index (χ0v) is 15.9. The predicted octanol–water partition coefficient (Wildman–Crippen LogP) is 7.48. The van der Waals surface area contributed by atoms with Crippen LogP contribution in [0.2, 0.25) is 0 Å². The van der Waals surface area contributed by atoms with Gasteiger partial charge in [-0.05, 0) is 75.2 Å². The molecule has 0 nitrogen and oxygen atoms in total. The number of hydrogen-bond donors (Lipinski definition) is 0. The Morgan fingerprint density at radius 3 is 1.52 bits per heavy atom. The molecule has 0 spiro atoms.